The number of ether oxygens (including phenoxy) is 5. The van der Waals surface area contributed by atoms with E-state index in [0.717, 1.165) is 0 Å². The van der Waals surface area contributed by atoms with Crippen LogP contribution in [-0.2, 0) is 23.7 Å². The molecule has 3 saturated heterocycles. The van der Waals surface area contributed by atoms with Crippen molar-refractivity contribution in [2.24, 2.45) is 0 Å². The molecule has 3 heterocycles. The molecule has 0 spiro atoms. The van der Waals surface area contributed by atoms with Crippen LogP contribution in [0.3, 0.4) is 0 Å². The molecule has 0 aromatic heterocycles. The molecular weight excluding hydrogens is 472 g/mol. The number of aliphatic hydroxyl groups excluding tert-OH is 10. The lowest BCUT2D eigenvalue weighted by molar-refractivity contribution is -0.359. The van der Waals surface area contributed by atoms with E-state index in [1.54, 1.807) is 0 Å². The van der Waals surface area contributed by atoms with Gasteiger partial charge >= 0.3 is 0 Å². The lowest BCUT2D eigenvalue weighted by Crippen LogP contribution is -2.57. The molecule has 34 heavy (non-hydrogen) atoms. The van der Waals surface area contributed by atoms with Gasteiger partial charge in [0.1, 0.15) is 74.8 Å². The summed E-state index contributed by atoms with van der Waals surface area (Å²) in [6.07, 6.45) is -15.1. The van der Waals surface area contributed by atoms with Crippen molar-refractivity contribution in [3.05, 3.63) is 0 Å². The smallest absolute Gasteiger partial charge is 0.222 e. The molecule has 0 saturated carbocycles. The van der Waals surface area contributed by atoms with Gasteiger partial charge in [-0.05, 0) is 0 Å². The third-order valence-electron chi connectivity index (χ3n) is 6.34. The lowest BCUT2D eigenvalue weighted by atomic mass is 10.0. The van der Waals surface area contributed by atoms with Crippen molar-refractivity contribution < 1.29 is 79.9 Å². The van der Waals surface area contributed by atoms with Crippen molar-refractivity contribution in [3.63, 3.8) is 0 Å². The number of rotatable bonds is 10. The molecule has 0 radical (unpaired) electrons. The molecule has 0 aliphatic carbocycles. The van der Waals surface area contributed by atoms with Crippen LogP contribution < -0.4 is 0 Å². The minimum atomic E-state index is -2.61. The van der Waals surface area contributed by atoms with Crippen LogP contribution in [0, 0.1) is 0 Å². The molecule has 11 N–H and O–H groups in total. The van der Waals surface area contributed by atoms with Crippen LogP contribution in [0.2, 0.25) is 0 Å². The van der Waals surface area contributed by atoms with Gasteiger partial charge in [0.25, 0.3) is 0 Å². The van der Waals surface area contributed by atoms with Gasteiger partial charge in [0.15, 0.2) is 0 Å². The quantitative estimate of drug-likeness (QED) is 0.132. The average Bonchev–Trinajstić information content (AvgIpc) is 3.33. The first kappa shape index (κ1) is 27.9. The molecule has 3 aliphatic heterocycles. The Morgan fingerprint density at radius 1 is 0.559 bits per heavy atom. The van der Waals surface area contributed by atoms with Gasteiger partial charge < -0.3 is 79.9 Å². The van der Waals surface area contributed by atoms with Gasteiger partial charge in [-0.15, -0.1) is 0 Å². The van der Waals surface area contributed by atoms with Gasteiger partial charge in [-0.1, -0.05) is 0 Å². The Labute approximate surface area is 192 Å². The van der Waals surface area contributed by atoms with Crippen LogP contribution in [0.25, 0.3) is 0 Å². The Kier molecular flexibility index (Phi) is 8.53. The summed E-state index contributed by atoms with van der Waals surface area (Å²) in [6.45, 7) is -5.33. The Morgan fingerprint density at radius 3 is 1.41 bits per heavy atom. The van der Waals surface area contributed by atoms with Crippen LogP contribution in [0.15, 0.2) is 0 Å². The van der Waals surface area contributed by atoms with Gasteiger partial charge in [-0.25, -0.2) is 0 Å². The summed E-state index contributed by atoms with van der Waals surface area (Å²) in [5.74, 6) is -7.37. The molecule has 16 nitrogen and oxygen atoms in total. The van der Waals surface area contributed by atoms with Crippen molar-refractivity contribution in [3.8, 4) is 0 Å². The molecule has 3 unspecified atom stereocenters. The first-order valence-electron chi connectivity index (χ1n) is 10.5. The fraction of sp³-hybridized carbons (Fsp3) is 1.00. The van der Waals surface area contributed by atoms with E-state index in [4.69, 9.17) is 23.7 Å². The monoisotopic (exact) mass is 504 g/mol. The SMILES string of the molecule is OC[C@H]1O[C@@](CO)(OC[C@@]2(OC[C@@]3(O)O[C@H](CO)C(O)[C@@H]3O)O[C@H](CO)C(O)[C@@H]2O)[C@@H](O)C1O. The molecule has 0 amide bonds. The van der Waals surface area contributed by atoms with Crippen LogP contribution in [0.1, 0.15) is 0 Å². The molecule has 12 atom stereocenters. The maximum atomic E-state index is 10.6. The zero-order valence-corrected chi connectivity index (χ0v) is 17.9. The van der Waals surface area contributed by atoms with Crippen LogP contribution in [-0.4, -0.2) is 168 Å². The highest BCUT2D eigenvalue weighted by Crippen LogP contribution is 2.39. The molecule has 0 aromatic rings. The van der Waals surface area contributed by atoms with Gasteiger partial charge in [0, 0.05) is 0 Å². The van der Waals surface area contributed by atoms with Crippen molar-refractivity contribution in [1.29, 1.82) is 0 Å². The van der Waals surface area contributed by atoms with E-state index in [9.17, 15) is 56.2 Å². The topological polar surface area (TPSA) is 269 Å². The summed E-state index contributed by atoms with van der Waals surface area (Å²) in [5, 5.41) is 109. The van der Waals surface area contributed by atoms with Crippen LogP contribution in [0.4, 0.5) is 0 Å². The van der Waals surface area contributed by atoms with Gasteiger partial charge in [-0.3, -0.25) is 0 Å². The summed E-state index contributed by atoms with van der Waals surface area (Å²) < 4.78 is 26.6. The zero-order chi connectivity index (χ0) is 25.5. The van der Waals surface area contributed by atoms with E-state index in [1.807, 2.05) is 0 Å². The Balaban J connectivity index is 1.82. The molecule has 0 aromatic carbocycles. The van der Waals surface area contributed by atoms with Gasteiger partial charge in [-0.2, -0.15) is 0 Å². The third-order valence-corrected chi connectivity index (χ3v) is 6.34. The maximum Gasteiger partial charge on any atom is 0.222 e. The average molecular weight is 504 g/mol. The Morgan fingerprint density at radius 2 is 0.971 bits per heavy atom. The fourth-order valence-corrected chi connectivity index (χ4v) is 4.17. The second kappa shape index (κ2) is 10.4. The predicted molar refractivity (Wildman–Crippen MR) is 101 cm³/mol. The van der Waals surface area contributed by atoms with E-state index in [2.05, 4.69) is 0 Å². The van der Waals surface area contributed by atoms with Gasteiger partial charge in [0.2, 0.25) is 17.4 Å². The number of hydrogen-bond acceptors (Lipinski definition) is 16. The normalized spacial score (nSPS) is 51.4. The maximum absolute atomic E-state index is 10.6. The fourth-order valence-electron chi connectivity index (χ4n) is 4.17. The highest BCUT2D eigenvalue weighted by molar-refractivity contribution is 5.02. The van der Waals surface area contributed by atoms with Crippen molar-refractivity contribution in [2.45, 2.75) is 72.3 Å². The second-order valence-electron chi connectivity index (χ2n) is 8.53. The van der Waals surface area contributed by atoms with E-state index in [-0.39, 0.29) is 0 Å². The molecule has 0 bridgehead atoms. The summed E-state index contributed by atoms with van der Waals surface area (Å²) in [6, 6.07) is 0. The minimum absolute atomic E-state index is 0.744. The highest BCUT2D eigenvalue weighted by Gasteiger charge is 2.62. The standard InChI is InChI=1S/C18H32O16/c19-1-7-10(23)13(26)16(29,32-7)5-30-18(15(28)12(25)9(3-21)34-18)6-31-17(4-22)14(27)11(24)8(2-20)33-17/h7-15,19-29H,1-6H2/t7-,8-,9-,10?,11?,12?,13+,14+,15+,16-,17-,18-/m1/s1. The lowest BCUT2D eigenvalue weighted by Gasteiger charge is -2.38. The Hall–Kier alpha value is -0.640. The molecule has 16 heteroatoms. The van der Waals surface area contributed by atoms with E-state index in [0.29, 0.717) is 0 Å². The van der Waals surface area contributed by atoms with Crippen molar-refractivity contribution in [1.82, 2.24) is 0 Å². The number of hydrogen-bond donors (Lipinski definition) is 11. The van der Waals surface area contributed by atoms with Crippen molar-refractivity contribution >= 4 is 0 Å². The van der Waals surface area contributed by atoms with Crippen LogP contribution in [0.5, 0.6) is 0 Å². The molecule has 3 rings (SSSR count). The Bertz CT molecular complexity index is 684. The van der Waals surface area contributed by atoms with Gasteiger partial charge in [0.05, 0.1) is 19.8 Å². The van der Waals surface area contributed by atoms with Crippen molar-refractivity contribution in [2.75, 3.05) is 39.6 Å². The third kappa shape index (κ3) is 4.59. The van der Waals surface area contributed by atoms with E-state index >= 15 is 0 Å². The molecule has 200 valence electrons. The summed E-state index contributed by atoms with van der Waals surface area (Å²) in [4.78, 5) is 0. The largest absolute Gasteiger partial charge is 0.394 e. The summed E-state index contributed by atoms with van der Waals surface area (Å²) >= 11 is 0. The molecular formula is C18H32O16. The predicted octanol–water partition coefficient (Wildman–Crippen LogP) is -7.57. The first-order valence-corrected chi connectivity index (χ1v) is 10.5. The zero-order valence-electron chi connectivity index (χ0n) is 17.9. The number of aliphatic hydroxyl groups is 11. The highest BCUT2D eigenvalue weighted by atomic mass is 16.8. The van der Waals surface area contributed by atoms with Crippen LogP contribution >= 0.6 is 0 Å². The molecule has 3 aliphatic rings. The van der Waals surface area contributed by atoms with E-state index < -0.39 is 112 Å². The minimum Gasteiger partial charge on any atom is -0.394 e. The summed E-state index contributed by atoms with van der Waals surface area (Å²) in [7, 11) is 0. The molecule has 3 fully saturated rings. The summed E-state index contributed by atoms with van der Waals surface area (Å²) in [5.41, 5.74) is 0. The first-order chi connectivity index (χ1) is 15.9. The second-order valence-corrected chi connectivity index (χ2v) is 8.53. The van der Waals surface area contributed by atoms with E-state index in [1.165, 1.54) is 0 Å².